The zero-order valence-electron chi connectivity index (χ0n) is 17.4. The normalized spacial score (nSPS) is 27.5. The molecule has 2 aliphatic carbocycles. The lowest BCUT2D eigenvalue weighted by Crippen LogP contribution is -2.49. The van der Waals surface area contributed by atoms with Gasteiger partial charge in [0.2, 0.25) is 17.7 Å². The maximum Gasteiger partial charge on any atom is 0.248 e. The van der Waals surface area contributed by atoms with Crippen LogP contribution in [0, 0.1) is 30.6 Å². The minimum atomic E-state index is -0.851. The topological polar surface area (TPSA) is 66.5 Å². The fraction of sp³-hybridized carbons (Fsp3) is 0.400. The van der Waals surface area contributed by atoms with Gasteiger partial charge < -0.3 is 5.32 Å². The third-order valence-electron chi connectivity index (χ3n) is 7.29. The van der Waals surface area contributed by atoms with Crippen LogP contribution >= 0.6 is 15.9 Å². The lowest BCUT2D eigenvalue weighted by atomic mass is 9.81. The number of imide groups is 1. The van der Waals surface area contributed by atoms with E-state index in [-0.39, 0.29) is 29.6 Å². The lowest BCUT2D eigenvalue weighted by Gasteiger charge is -2.27. The smallest absolute Gasteiger partial charge is 0.248 e. The number of hydrogen-bond acceptors (Lipinski definition) is 3. The van der Waals surface area contributed by atoms with Gasteiger partial charge in [-0.25, -0.2) is 0 Å². The first-order chi connectivity index (χ1) is 14.9. The van der Waals surface area contributed by atoms with Crippen molar-refractivity contribution < 1.29 is 14.4 Å². The van der Waals surface area contributed by atoms with Crippen LogP contribution in [0.4, 0.5) is 5.69 Å². The molecule has 1 N–H and O–H groups in total. The van der Waals surface area contributed by atoms with Gasteiger partial charge in [0.05, 0.1) is 11.8 Å². The lowest BCUT2D eigenvalue weighted by molar-refractivity contribution is -0.147. The maximum absolute atomic E-state index is 13.5. The first kappa shape index (κ1) is 20.4. The van der Waals surface area contributed by atoms with Crippen molar-refractivity contribution in [1.82, 2.24) is 4.90 Å². The van der Waals surface area contributed by atoms with Crippen LogP contribution in [0.2, 0.25) is 0 Å². The standard InChI is InChI=1S/C25H25BrN2O3/c1-14-11-18(26)9-10-19(14)27-23(29)20(12-15-5-3-2-4-6-15)28-24(30)21-16-7-8-17(13-16)22(21)25(28)31/h2-6,9-11,16-17,20-22H,7-8,12-13H2,1H3,(H,27,29). The number of halogens is 1. The molecule has 2 aromatic rings. The molecule has 5 unspecified atom stereocenters. The third-order valence-corrected chi connectivity index (χ3v) is 7.79. The average molecular weight is 481 g/mol. The van der Waals surface area contributed by atoms with E-state index in [9.17, 15) is 14.4 Å². The van der Waals surface area contributed by atoms with Crippen molar-refractivity contribution in [2.45, 2.75) is 38.6 Å². The highest BCUT2D eigenvalue weighted by molar-refractivity contribution is 9.10. The number of benzene rings is 2. The monoisotopic (exact) mass is 480 g/mol. The molecule has 3 aliphatic rings. The molecule has 0 aromatic heterocycles. The second kappa shape index (κ2) is 7.90. The SMILES string of the molecule is Cc1cc(Br)ccc1NC(=O)C(Cc1ccccc1)N1C(=O)C2C3CCC(C3)C2C1=O. The van der Waals surface area contributed by atoms with Gasteiger partial charge in [-0.05, 0) is 67.3 Å². The summed E-state index contributed by atoms with van der Waals surface area (Å²) in [7, 11) is 0. The number of hydrogen-bond donors (Lipinski definition) is 1. The molecule has 6 heteroatoms. The molecular weight excluding hydrogens is 456 g/mol. The van der Waals surface area contributed by atoms with E-state index in [1.165, 1.54) is 4.90 Å². The van der Waals surface area contributed by atoms with Gasteiger partial charge in [-0.2, -0.15) is 0 Å². The molecule has 2 saturated carbocycles. The van der Waals surface area contributed by atoms with E-state index in [0.717, 1.165) is 34.9 Å². The van der Waals surface area contributed by atoms with Crippen LogP contribution in [0.15, 0.2) is 53.0 Å². The molecule has 160 valence electrons. The average Bonchev–Trinajstić information content (AvgIpc) is 3.43. The number of amides is 3. The van der Waals surface area contributed by atoms with Crippen LogP contribution in [-0.2, 0) is 20.8 Å². The van der Waals surface area contributed by atoms with Crippen molar-refractivity contribution in [3.8, 4) is 0 Å². The second-order valence-corrected chi connectivity index (χ2v) is 10.0. The van der Waals surface area contributed by atoms with Crippen LogP contribution in [0.3, 0.4) is 0 Å². The van der Waals surface area contributed by atoms with Crippen molar-refractivity contribution in [2.75, 3.05) is 5.32 Å². The fourth-order valence-electron chi connectivity index (χ4n) is 5.86. The third kappa shape index (κ3) is 3.51. The van der Waals surface area contributed by atoms with Gasteiger partial charge in [0.15, 0.2) is 0 Å². The van der Waals surface area contributed by atoms with Gasteiger partial charge >= 0.3 is 0 Å². The van der Waals surface area contributed by atoms with Crippen LogP contribution in [0.1, 0.15) is 30.4 Å². The highest BCUT2D eigenvalue weighted by Gasteiger charge is 2.62. The summed E-state index contributed by atoms with van der Waals surface area (Å²) in [6.07, 6.45) is 3.33. The van der Waals surface area contributed by atoms with Crippen molar-refractivity contribution in [3.63, 3.8) is 0 Å². The van der Waals surface area contributed by atoms with E-state index in [1.54, 1.807) is 0 Å². The Bertz CT molecular complexity index is 1030. The molecule has 2 aromatic carbocycles. The molecule has 3 amide bonds. The van der Waals surface area contributed by atoms with E-state index >= 15 is 0 Å². The molecule has 2 bridgehead atoms. The molecule has 0 radical (unpaired) electrons. The highest BCUT2D eigenvalue weighted by Crippen LogP contribution is 2.56. The van der Waals surface area contributed by atoms with Crippen LogP contribution < -0.4 is 5.32 Å². The Labute approximate surface area is 190 Å². The number of nitrogens with one attached hydrogen (secondary N) is 1. The number of carbonyl (C=O) groups is 3. The van der Waals surface area contributed by atoms with Crippen molar-refractivity contribution >= 4 is 39.3 Å². The van der Waals surface area contributed by atoms with E-state index < -0.39 is 6.04 Å². The van der Waals surface area contributed by atoms with Crippen LogP contribution in [0.5, 0.6) is 0 Å². The summed E-state index contributed by atoms with van der Waals surface area (Å²) in [6.45, 7) is 1.92. The highest BCUT2D eigenvalue weighted by atomic mass is 79.9. The Morgan fingerprint density at radius 1 is 1.06 bits per heavy atom. The Hall–Kier alpha value is -2.47. The number of aryl methyl sites for hydroxylation is 1. The van der Waals surface area contributed by atoms with E-state index in [0.29, 0.717) is 23.9 Å². The Balaban J connectivity index is 1.46. The van der Waals surface area contributed by atoms with Gasteiger partial charge in [-0.15, -0.1) is 0 Å². The van der Waals surface area contributed by atoms with Crippen molar-refractivity contribution in [3.05, 3.63) is 64.1 Å². The quantitative estimate of drug-likeness (QED) is 0.647. The molecule has 0 spiro atoms. The zero-order valence-corrected chi connectivity index (χ0v) is 19.0. The minimum Gasteiger partial charge on any atom is -0.324 e. The van der Waals surface area contributed by atoms with E-state index in [1.807, 2.05) is 55.5 Å². The van der Waals surface area contributed by atoms with Gasteiger partial charge in [-0.3, -0.25) is 19.3 Å². The summed E-state index contributed by atoms with van der Waals surface area (Å²) in [4.78, 5) is 41.6. The van der Waals surface area contributed by atoms with E-state index in [4.69, 9.17) is 0 Å². The van der Waals surface area contributed by atoms with E-state index in [2.05, 4.69) is 21.2 Å². The summed E-state index contributed by atoms with van der Waals surface area (Å²) < 4.78 is 0.928. The molecular formula is C25H25BrN2O3. The Morgan fingerprint density at radius 2 is 1.71 bits per heavy atom. The molecule has 3 fully saturated rings. The largest absolute Gasteiger partial charge is 0.324 e. The van der Waals surface area contributed by atoms with Gasteiger partial charge in [-0.1, -0.05) is 46.3 Å². The minimum absolute atomic E-state index is 0.147. The number of nitrogens with zero attached hydrogens (tertiary/aromatic N) is 1. The van der Waals surface area contributed by atoms with Gasteiger partial charge in [0, 0.05) is 16.6 Å². The number of anilines is 1. The number of carbonyl (C=O) groups excluding carboxylic acids is 3. The molecule has 5 nitrogen and oxygen atoms in total. The van der Waals surface area contributed by atoms with Crippen LogP contribution in [-0.4, -0.2) is 28.7 Å². The van der Waals surface area contributed by atoms with Crippen molar-refractivity contribution in [2.24, 2.45) is 23.7 Å². The number of rotatable bonds is 5. The first-order valence-electron chi connectivity index (χ1n) is 10.9. The molecule has 1 saturated heterocycles. The molecule has 1 aliphatic heterocycles. The summed E-state index contributed by atoms with van der Waals surface area (Å²) in [5, 5.41) is 2.97. The fourth-order valence-corrected chi connectivity index (χ4v) is 6.34. The predicted octanol–water partition coefficient (Wildman–Crippen LogP) is 4.34. The van der Waals surface area contributed by atoms with Gasteiger partial charge in [0.1, 0.15) is 6.04 Å². The molecule has 31 heavy (non-hydrogen) atoms. The number of fused-ring (bicyclic) bond motifs is 5. The molecule has 5 rings (SSSR count). The Kier molecular flexibility index (Phi) is 5.21. The number of likely N-dealkylation sites (tertiary alicyclic amines) is 1. The first-order valence-corrected chi connectivity index (χ1v) is 11.7. The predicted molar refractivity (Wildman–Crippen MR) is 121 cm³/mol. The summed E-state index contributed by atoms with van der Waals surface area (Å²) >= 11 is 3.44. The maximum atomic E-state index is 13.5. The summed E-state index contributed by atoms with van der Waals surface area (Å²) in [5.41, 5.74) is 2.52. The zero-order chi connectivity index (χ0) is 21.7. The Morgan fingerprint density at radius 3 is 2.32 bits per heavy atom. The van der Waals surface area contributed by atoms with Crippen molar-refractivity contribution in [1.29, 1.82) is 0 Å². The molecule has 1 heterocycles. The molecule has 5 atom stereocenters. The summed E-state index contributed by atoms with van der Waals surface area (Å²) in [6, 6.07) is 14.4. The summed E-state index contributed by atoms with van der Waals surface area (Å²) in [5.74, 6) is -0.477. The van der Waals surface area contributed by atoms with Crippen LogP contribution in [0.25, 0.3) is 0 Å². The second-order valence-electron chi connectivity index (χ2n) is 9.09. The van der Waals surface area contributed by atoms with Gasteiger partial charge in [0.25, 0.3) is 0 Å².